The van der Waals surface area contributed by atoms with Crippen LogP contribution in [0.15, 0.2) is 24.3 Å². The second-order valence-corrected chi connectivity index (χ2v) is 7.39. The SMILES string of the molecule is CCCCC(=O)N(Cc1ccc(OS(C)(=O)=O)cc1)[C@@H](C)CC. The van der Waals surface area contributed by atoms with Gasteiger partial charge in [-0.2, -0.15) is 8.42 Å². The van der Waals surface area contributed by atoms with Crippen LogP contribution in [0.1, 0.15) is 52.0 Å². The molecule has 0 fully saturated rings. The van der Waals surface area contributed by atoms with Crippen LogP contribution in [0.4, 0.5) is 0 Å². The quantitative estimate of drug-likeness (QED) is 0.646. The lowest BCUT2D eigenvalue weighted by atomic mass is 10.1. The molecule has 0 N–H and O–H groups in total. The molecule has 0 radical (unpaired) electrons. The summed E-state index contributed by atoms with van der Waals surface area (Å²) in [7, 11) is -3.52. The zero-order valence-corrected chi connectivity index (χ0v) is 15.2. The van der Waals surface area contributed by atoms with Gasteiger partial charge in [0.05, 0.1) is 6.26 Å². The highest BCUT2D eigenvalue weighted by Gasteiger charge is 2.18. The van der Waals surface area contributed by atoms with Crippen molar-refractivity contribution in [2.75, 3.05) is 6.26 Å². The summed E-state index contributed by atoms with van der Waals surface area (Å²) in [5.41, 5.74) is 0.955. The van der Waals surface area contributed by atoms with Crippen molar-refractivity contribution >= 4 is 16.0 Å². The van der Waals surface area contributed by atoms with Crippen LogP contribution < -0.4 is 4.18 Å². The molecule has 1 rings (SSSR count). The Bertz CT molecular complexity index is 596. The molecule has 0 saturated heterocycles. The molecular formula is C17H27NO4S. The molecule has 0 saturated carbocycles. The highest BCUT2D eigenvalue weighted by molar-refractivity contribution is 7.86. The highest BCUT2D eigenvalue weighted by Crippen LogP contribution is 2.18. The summed E-state index contributed by atoms with van der Waals surface area (Å²) in [4.78, 5) is 14.3. The largest absolute Gasteiger partial charge is 0.383 e. The van der Waals surface area contributed by atoms with E-state index in [0.29, 0.717) is 13.0 Å². The maximum absolute atomic E-state index is 12.4. The van der Waals surface area contributed by atoms with Gasteiger partial charge in [-0.25, -0.2) is 0 Å². The van der Waals surface area contributed by atoms with Gasteiger partial charge in [0, 0.05) is 19.0 Å². The van der Waals surface area contributed by atoms with Gasteiger partial charge in [-0.3, -0.25) is 4.79 Å². The molecule has 1 aromatic carbocycles. The summed E-state index contributed by atoms with van der Waals surface area (Å²) >= 11 is 0. The number of amides is 1. The van der Waals surface area contributed by atoms with Crippen LogP contribution in [0.3, 0.4) is 0 Å². The van der Waals surface area contributed by atoms with Gasteiger partial charge in [0.1, 0.15) is 5.75 Å². The molecule has 1 atom stereocenters. The molecule has 0 aliphatic heterocycles. The van der Waals surface area contributed by atoms with Gasteiger partial charge in [0.15, 0.2) is 0 Å². The Morgan fingerprint density at radius 1 is 1.22 bits per heavy atom. The lowest BCUT2D eigenvalue weighted by molar-refractivity contribution is -0.134. The van der Waals surface area contributed by atoms with E-state index in [1.165, 1.54) is 0 Å². The van der Waals surface area contributed by atoms with Crippen molar-refractivity contribution in [3.05, 3.63) is 29.8 Å². The van der Waals surface area contributed by atoms with Crippen molar-refractivity contribution in [3.8, 4) is 5.75 Å². The minimum Gasteiger partial charge on any atom is -0.383 e. The van der Waals surface area contributed by atoms with Gasteiger partial charge in [-0.05, 0) is 37.5 Å². The average molecular weight is 341 g/mol. The van der Waals surface area contributed by atoms with E-state index in [9.17, 15) is 13.2 Å². The van der Waals surface area contributed by atoms with E-state index in [1.54, 1.807) is 24.3 Å². The molecule has 1 aromatic rings. The van der Waals surface area contributed by atoms with E-state index >= 15 is 0 Å². The summed E-state index contributed by atoms with van der Waals surface area (Å²) in [6.07, 6.45) is 4.37. The number of benzene rings is 1. The number of rotatable bonds is 9. The van der Waals surface area contributed by atoms with Crippen LogP contribution >= 0.6 is 0 Å². The zero-order chi connectivity index (χ0) is 17.5. The van der Waals surface area contributed by atoms with E-state index in [0.717, 1.165) is 31.1 Å². The van der Waals surface area contributed by atoms with Crippen LogP contribution in [0.5, 0.6) is 5.75 Å². The van der Waals surface area contributed by atoms with Crippen molar-refractivity contribution in [2.24, 2.45) is 0 Å². The first-order chi connectivity index (χ1) is 10.8. The van der Waals surface area contributed by atoms with Crippen molar-refractivity contribution in [1.29, 1.82) is 0 Å². The summed E-state index contributed by atoms with van der Waals surface area (Å²) in [6.45, 7) is 6.71. The van der Waals surface area contributed by atoms with Crippen LogP contribution in [0.2, 0.25) is 0 Å². The van der Waals surface area contributed by atoms with Crippen molar-refractivity contribution in [3.63, 3.8) is 0 Å². The number of hydrogen-bond acceptors (Lipinski definition) is 4. The summed E-state index contributed by atoms with van der Waals surface area (Å²) in [5, 5.41) is 0. The zero-order valence-electron chi connectivity index (χ0n) is 14.4. The molecule has 1 amide bonds. The van der Waals surface area contributed by atoms with Gasteiger partial charge in [-0.1, -0.05) is 32.4 Å². The molecule has 0 heterocycles. The fourth-order valence-electron chi connectivity index (χ4n) is 2.20. The molecular weight excluding hydrogens is 314 g/mol. The first-order valence-electron chi connectivity index (χ1n) is 8.04. The molecule has 0 bridgehead atoms. The molecule has 0 aliphatic carbocycles. The number of unbranched alkanes of at least 4 members (excludes halogenated alkanes) is 1. The van der Waals surface area contributed by atoms with E-state index in [1.807, 2.05) is 11.8 Å². The van der Waals surface area contributed by atoms with Crippen molar-refractivity contribution in [2.45, 2.75) is 59.0 Å². The number of nitrogens with zero attached hydrogens (tertiary/aromatic N) is 1. The highest BCUT2D eigenvalue weighted by atomic mass is 32.2. The van der Waals surface area contributed by atoms with E-state index in [-0.39, 0.29) is 17.7 Å². The lowest BCUT2D eigenvalue weighted by Gasteiger charge is -2.29. The fourth-order valence-corrected chi connectivity index (χ4v) is 2.66. The normalized spacial score (nSPS) is 12.7. The monoisotopic (exact) mass is 341 g/mol. The van der Waals surface area contributed by atoms with Gasteiger partial charge in [-0.15, -0.1) is 0 Å². The molecule has 6 heteroatoms. The first-order valence-corrected chi connectivity index (χ1v) is 9.86. The number of hydrogen-bond donors (Lipinski definition) is 0. The molecule has 23 heavy (non-hydrogen) atoms. The molecule has 0 unspecified atom stereocenters. The summed E-state index contributed by atoms with van der Waals surface area (Å²) in [5.74, 6) is 0.446. The third kappa shape index (κ3) is 7.03. The van der Waals surface area contributed by atoms with Crippen molar-refractivity contribution in [1.82, 2.24) is 4.90 Å². The standard InChI is InChI=1S/C17H27NO4S/c1-5-7-8-17(19)18(14(3)6-2)13-15-9-11-16(12-10-15)22-23(4,20)21/h9-12,14H,5-8,13H2,1-4H3/t14-/m0/s1. The predicted molar refractivity (Wildman–Crippen MR) is 91.7 cm³/mol. The Morgan fingerprint density at radius 2 is 1.83 bits per heavy atom. The van der Waals surface area contributed by atoms with Crippen molar-refractivity contribution < 1.29 is 17.4 Å². The number of carbonyl (C=O) groups excluding carboxylic acids is 1. The molecule has 0 spiro atoms. The van der Waals surface area contributed by atoms with Crippen LogP contribution in [-0.4, -0.2) is 31.5 Å². The Kier molecular flexibility index (Phi) is 7.55. The second-order valence-electron chi connectivity index (χ2n) is 5.81. The van der Waals surface area contributed by atoms with Gasteiger partial charge < -0.3 is 9.08 Å². The third-order valence-corrected chi connectivity index (χ3v) is 4.21. The fraction of sp³-hybridized carbons (Fsp3) is 0.588. The molecule has 5 nitrogen and oxygen atoms in total. The van der Waals surface area contributed by atoms with E-state index < -0.39 is 10.1 Å². The second kappa shape index (κ2) is 8.91. The van der Waals surface area contributed by atoms with Gasteiger partial charge in [0.25, 0.3) is 0 Å². The molecule has 130 valence electrons. The molecule has 0 aliphatic rings. The van der Waals surface area contributed by atoms with Crippen LogP contribution in [-0.2, 0) is 21.5 Å². The van der Waals surface area contributed by atoms with E-state index in [4.69, 9.17) is 4.18 Å². The van der Waals surface area contributed by atoms with Gasteiger partial charge in [0.2, 0.25) is 5.91 Å². The summed E-state index contributed by atoms with van der Waals surface area (Å²) < 4.78 is 27.0. The Labute approximate surface area is 139 Å². The summed E-state index contributed by atoms with van der Waals surface area (Å²) in [6, 6.07) is 6.99. The average Bonchev–Trinajstić information content (AvgIpc) is 2.49. The topological polar surface area (TPSA) is 63.7 Å². The van der Waals surface area contributed by atoms with Gasteiger partial charge >= 0.3 is 10.1 Å². The van der Waals surface area contributed by atoms with E-state index in [2.05, 4.69) is 13.8 Å². The maximum atomic E-state index is 12.4. The van der Waals surface area contributed by atoms with Crippen LogP contribution in [0, 0.1) is 0 Å². The Hall–Kier alpha value is -1.56. The first kappa shape index (κ1) is 19.5. The minimum atomic E-state index is -3.52. The lowest BCUT2D eigenvalue weighted by Crippen LogP contribution is -2.37. The third-order valence-electron chi connectivity index (χ3n) is 3.71. The molecule has 0 aromatic heterocycles. The Morgan fingerprint density at radius 3 is 2.30 bits per heavy atom. The smallest absolute Gasteiger partial charge is 0.306 e. The van der Waals surface area contributed by atoms with Crippen LogP contribution in [0.25, 0.3) is 0 Å². The number of carbonyl (C=O) groups is 1. The minimum absolute atomic E-state index is 0.165. The Balaban J connectivity index is 2.81. The predicted octanol–water partition coefficient (Wildman–Crippen LogP) is 3.34. The maximum Gasteiger partial charge on any atom is 0.306 e.